The molecule has 1 aromatic heterocycles. The second-order valence-electron chi connectivity index (χ2n) is 6.37. The number of nitrogens with one attached hydrogen (secondary N) is 4. The molecule has 172 valence electrons. The normalized spacial score (nSPS) is 14.5. The van der Waals surface area contributed by atoms with Crippen molar-refractivity contribution in [3.63, 3.8) is 0 Å². The molecule has 0 aliphatic carbocycles. The molecule has 9 N–H and O–H groups in total. The Morgan fingerprint density at radius 3 is 2.10 bits per heavy atom. The fraction of sp³-hybridized carbons (Fsp3) is 0.500. The zero-order chi connectivity index (χ0) is 23.6. The van der Waals surface area contributed by atoms with Crippen LogP contribution in [0.1, 0.15) is 12.1 Å². The first-order valence-corrected chi connectivity index (χ1v) is 9.52. The lowest BCUT2D eigenvalue weighted by atomic mass is 10.1. The van der Waals surface area contributed by atoms with Gasteiger partial charge in [0.05, 0.1) is 19.4 Å². The molecule has 4 atom stereocenters. The number of carbonyl (C=O) groups excluding carboxylic acids is 3. The van der Waals surface area contributed by atoms with Crippen LogP contribution in [0.5, 0.6) is 0 Å². The molecule has 0 saturated carbocycles. The predicted octanol–water partition coefficient (Wildman–Crippen LogP) is -3.78. The number of carboxylic acid groups (broad SMARTS) is 2. The molecule has 4 unspecified atom stereocenters. The van der Waals surface area contributed by atoms with E-state index in [0.29, 0.717) is 5.69 Å². The summed E-state index contributed by atoms with van der Waals surface area (Å²) >= 11 is 3.85. The Balaban J connectivity index is 3.03. The van der Waals surface area contributed by atoms with Gasteiger partial charge in [0.25, 0.3) is 0 Å². The molecular formula is C16H24N6O8S. The molecule has 0 spiro atoms. The van der Waals surface area contributed by atoms with Gasteiger partial charge in [-0.05, 0) is 0 Å². The zero-order valence-corrected chi connectivity index (χ0v) is 17.0. The minimum atomic E-state index is -1.61. The van der Waals surface area contributed by atoms with Gasteiger partial charge < -0.3 is 42.0 Å². The maximum Gasteiger partial charge on any atom is 0.327 e. The molecule has 15 heteroatoms. The first kappa shape index (κ1) is 25.9. The van der Waals surface area contributed by atoms with Crippen LogP contribution in [0.15, 0.2) is 12.5 Å². The number of thiol groups is 1. The highest BCUT2D eigenvalue weighted by atomic mass is 32.1. The molecule has 3 amide bonds. The lowest BCUT2D eigenvalue weighted by molar-refractivity contribution is -0.142. The third-order valence-corrected chi connectivity index (χ3v) is 4.32. The Labute approximate surface area is 181 Å². The van der Waals surface area contributed by atoms with E-state index >= 15 is 0 Å². The maximum atomic E-state index is 12.6. The number of imidazole rings is 1. The Morgan fingerprint density at radius 1 is 1.03 bits per heavy atom. The standard InChI is InChI=1S/C16H24N6O8S/c17-8(4-23)13(26)20-10(2-12(24)25)15(28)21-9(1-7-3-18-6-19-7)14(27)22-11(5-31)16(29)30/h3,6,8-11,23,31H,1-2,4-5,17H2,(H,18,19)(H,20,26)(H,21,28)(H,22,27)(H,24,25)(H,29,30). The van der Waals surface area contributed by atoms with Crippen molar-refractivity contribution in [1.82, 2.24) is 25.9 Å². The number of rotatable bonds is 13. The average Bonchev–Trinajstić information content (AvgIpc) is 3.22. The molecule has 0 aliphatic rings. The number of amides is 3. The number of nitrogens with two attached hydrogens (primary N) is 1. The first-order chi connectivity index (χ1) is 14.6. The smallest absolute Gasteiger partial charge is 0.327 e. The van der Waals surface area contributed by atoms with Crippen molar-refractivity contribution in [2.45, 2.75) is 37.0 Å². The Morgan fingerprint density at radius 2 is 1.61 bits per heavy atom. The van der Waals surface area contributed by atoms with Crippen molar-refractivity contribution in [2.75, 3.05) is 12.4 Å². The summed E-state index contributed by atoms with van der Waals surface area (Å²) in [6.45, 7) is -0.738. The summed E-state index contributed by atoms with van der Waals surface area (Å²) in [6, 6.07) is -5.68. The first-order valence-electron chi connectivity index (χ1n) is 8.89. The fourth-order valence-corrected chi connectivity index (χ4v) is 2.55. The number of nitrogens with zero attached hydrogens (tertiary/aromatic N) is 1. The highest BCUT2D eigenvalue weighted by Crippen LogP contribution is 2.03. The molecule has 0 fully saturated rings. The van der Waals surface area contributed by atoms with Crippen LogP contribution in [0.2, 0.25) is 0 Å². The van der Waals surface area contributed by atoms with Gasteiger partial charge in [-0.15, -0.1) is 0 Å². The van der Waals surface area contributed by atoms with Crippen molar-refractivity contribution in [1.29, 1.82) is 0 Å². The van der Waals surface area contributed by atoms with Crippen molar-refractivity contribution in [2.24, 2.45) is 5.73 Å². The number of aromatic amines is 1. The molecule has 1 rings (SSSR count). The number of hydrogen-bond donors (Lipinski definition) is 9. The van der Waals surface area contributed by atoms with E-state index in [4.69, 9.17) is 21.1 Å². The van der Waals surface area contributed by atoms with Gasteiger partial charge in [-0.3, -0.25) is 19.2 Å². The Hall–Kier alpha value is -3.17. The molecule has 1 heterocycles. The van der Waals surface area contributed by atoms with E-state index in [-0.39, 0.29) is 12.2 Å². The van der Waals surface area contributed by atoms with Crippen LogP contribution in [0.25, 0.3) is 0 Å². The van der Waals surface area contributed by atoms with E-state index in [1.165, 1.54) is 12.5 Å². The zero-order valence-electron chi connectivity index (χ0n) is 16.1. The van der Waals surface area contributed by atoms with Crippen LogP contribution in [0.4, 0.5) is 0 Å². The van der Waals surface area contributed by atoms with E-state index in [1.54, 1.807) is 0 Å². The number of H-pyrrole nitrogens is 1. The predicted molar refractivity (Wildman–Crippen MR) is 107 cm³/mol. The number of aliphatic hydroxyl groups excluding tert-OH is 1. The monoisotopic (exact) mass is 460 g/mol. The van der Waals surface area contributed by atoms with E-state index < -0.39 is 66.9 Å². The highest BCUT2D eigenvalue weighted by Gasteiger charge is 2.31. The van der Waals surface area contributed by atoms with Crippen LogP contribution in [-0.4, -0.2) is 91.5 Å². The van der Waals surface area contributed by atoms with Gasteiger partial charge >= 0.3 is 11.9 Å². The number of aromatic nitrogens is 2. The Bertz CT molecular complexity index is 789. The molecule has 0 aliphatic heterocycles. The second kappa shape index (κ2) is 12.5. The summed E-state index contributed by atoms with van der Waals surface area (Å²) in [5.41, 5.74) is 5.77. The van der Waals surface area contributed by atoms with Gasteiger partial charge in [0, 0.05) is 24.1 Å². The van der Waals surface area contributed by atoms with Crippen LogP contribution >= 0.6 is 12.6 Å². The number of aliphatic carboxylic acids is 2. The van der Waals surface area contributed by atoms with E-state index in [0.717, 1.165) is 0 Å². The lowest BCUT2D eigenvalue weighted by Crippen LogP contribution is -2.58. The lowest BCUT2D eigenvalue weighted by Gasteiger charge is -2.24. The summed E-state index contributed by atoms with van der Waals surface area (Å²) in [5.74, 6) is -5.87. The maximum absolute atomic E-state index is 12.6. The van der Waals surface area contributed by atoms with Crippen molar-refractivity contribution in [3.8, 4) is 0 Å². The molecule has 0 radical (unpaired) electrons. The Kier molecular flexibility index (Phi) is 10.4. The van der Waals surface area contributed by atoms with Crippen LogP contribution in [0.3, 0.4) is 0 Å². The van der Waals surface area contributed by atoms with Gasteiger partial charge in [0.15, 0.2) is 0 Å². The third kappa shape index (κ3) is 8.61. The van der Waals surface area contributed by atoms with E-state index in [9.17, 15) is 24.0 Å². The molecule has 1 aromatic rings. The summed E-state index contributed by atoms with van der Waals surface area (Å²) in [4.78, 5) is 65.8. The van der Waals surface area contributed by atoms with Crippen molar-refractivity contribution in [3.05, 3.63) is 18.2 Å². The van der Waals surface area contributed by atoms with Gasteiger partial charge in [0.2, 0.25) is 17.7 Å². The molecule has 0 saturated heterocycles. The van der Waals surface area contributed by atoms with Crippen LogP contribution in [0, 0.1) is 0 Å². The number of carboxylic acids is 2. The fourth-order valence-electron chi connectivity index (χ4n) is 2.30. The van der Waals surface area contributed by atoms with E-state index in [1.807, 2.05) is 0 Å². The van der Waals surface area contributed by atoms with E-state index in [2.05, 4.69) is 38.5 Å². The second-order valence-corrected chi connectivity index (χ2v) is 6.74. The minimum absolute atomic E-state index is 0.139. The number of hydrogen-bond acceptors (Lipinski definition) is 9. The van der Waals surface area contributed by atoms with Gasteiger partial charge in [-0.2, -0.15) is 12.6 Å². The van der Waals surface area contributed by atoms with Crippen molar-refractivity contribution >= 4 is 42.3 Å². The molecule has 0 bridgehead atoms. The van der Waals surface area contributed by atoms with Crippen molar-refractivity contribution < 1.29 is 39.3 Å². The van der Waals surface area contributed by atoms with Crippen LogP contribution < -0.4 is 21.7 Å². The summed E-state index contributed by atoms with van der Waals surface area (Å²) in [7, 11) is 0. The quantitative estimate of drug-likeness (QED) is 0.130. The third-order valence-electron chi connectivity index (χ3n) is 3.95. The number of aliphatic hydroxyl groups is 1. The highest BCUT2D eigenvalue weighted by molar-refractivity contribution is 7.80. The summed E-state index contributed by atoms with van der Waals surface area (Å²) in [6.07, 6.45) is 1.73. The minimum Gasteiger partial charge on any atom is -0.481 e. The molecule has 0 aromatic carbocycles. The van der Waals surface area contributed by atoms with Gasteiger partial charge in [0.1, 0.15) is 24.2 Å². The average molecular weight is 460 g/mol. The van der Waals surface area contributed by atoms with Gasteiger partial charge in [-0.1, -0.05) is 0 Å². The summed E-state index contributed by atoms with van der Waals surface area (Å²) < 4.78 is 0. The topological polar surface area (TPSA) is 237 Å². The number of carbonyl (C=O) groups is 5. The molecular weight excluding hydrogens is 436 g/mol. The summed E-state index contributed by atoms with van der Waals surface area (Å²) in [5, 5.41) is 33.7. The van der Waals surface area contributed by atoms with Crippen LogP contribution in [-0.2, 0) is 30.4 Å². The SMILES string of the molecule is NC(CO)C(=O)NC(CC(=O)O)C(=O)NC(Cc1cnc[nH]1)C(=O)NC(CS)C(=O)O. The molecule has 31 heavy (non-hydrogen) atoms. The largest absolute Gasteiger partial charge is 0.481 e. The van der Waals surface area contributed by atoms with Gasteiger partial charge in [-0.25, -0.2) is 9.78 Å². The molecule has 14 nitrogen and oxygen atoms in total.